The van der Waals surface area contributed by atoms with Crippen LogP contribution in [0.1, 0.15) is 38.6 Å². The maximum atomic E-state index is 4.50. The van der Waals surface area contributed by atoms with Crippen LogP contribution >= 0.6 is 31.9 Å². The van der Waals surface area contributed by atoms with E-state index >= 15 is 0 Å². The molecule has 1 N–H and O–H groups in total. The third-order valence-electron chi connectivity index (χ3n) is 2.53. The van der Waals surface area contributed by atoms with Crippen molar-refractivity contribution in [1.29, 1.82) is 0 Å². The van der Waals surface area contributed by atoms with Gasteiger partial charge >= 0.3 is 0 Å². The average Bonchev–Trinajstić information content (AvgIpc) is 2.92. The minimum Gasteiger partial charge on any atom is -0.318 e. The molecule has 0 spiro atoms. The van der Waals surface area contributed by atoms with Crippen LogP contribution in [0.25, 0.3) is 0 Å². The van der Waals surface area contributed by atoms with Crippen LogP contribution in [0.2, 0.25) is 0 Å². The van der Waals surface area contributed by atoms with E-state index in [2.05, 4.69) is 60.6 Å². The van der Waals surface area contributed by atoms with Gasteiger partial charge in [0, 0.05) is 12.1 Å². The fourth-order valence-electron chi connectivity index (χ4n) is 1.60. The molecule has 84 valence electrons. The van der Waals surface area contributed by atoms with Crippen molar-refractivity contribution in [3.05, 3.63) is 15.0 Å². The number of halogens is 2. The van der Waals surface area contributed by atoms with Gasteiger partial charge in [0.15, 0.2) is 0 Å². The van der Waals surface area contributed by atoms with Gasteiger partial charge in [-0.05, 0) is 58.5 Å². The van der Waals surface area contributed by atoms with Gasteiger partial charge in [-0.25, -0.2) is 4.98 Å². The summed E-state index contributed by atoms with van der Waals surface area (Å²) in [7, 11) is 0. The first-order valence-electron chi connectivity index (χ1n) is 5.25. The summed E-state index contributed by atoms with van der Waals surface area (Å²) in [6, 6.07) is 1.15. The zero-order valence-corrected chi connectivity index (χ0v) is 12.1. The predicted octanol–water partition coefficient (Wildman–Crippen LogP) is 3.24. The van der Waals surface area contributed by atoms with Gasteiger partial charge in [-0.15, -0.1) is 0 Å². The lowest BCUT2D eigenvalue weighted by atomic mass is 10.4. The van der Waals surface area contributed by atoms with Gasteiger partial charge in [-0.2, -0.15) is 0 Å². The molecule has 0 unspecified atom stereocenters. The zero-order valence-electron chi connectivity index (χ0n) is 8.93. The SMILES string of the molecule is CC(C)n1c(CNC2CC2)nc(Br)c1Br. The van der Waals surface area contributed by atoms with Crippen molar-refractivity contribution in [3.63, 3.8) is 0 Å². The van der Waals surface area contributed by atoms with Crippen molar-refractivity contribution in [3.8, 4) is 0 Å². The Morgan fingerprint density at radius 1 is 1.47 bits per heavy atom. The van der Waals surface area contributed by atoms with Gasteiger partial charge in [0.2, 0.25) is 0 Å². The molecule has 0 bridgehead atoms. The molecule has 1 aliphatic carbocycles. The van der Waals surface area contributed by atoms with Gasteiger partial charge in [-0.3, -0.25) is 0 Å². The number of rotatable bonds is 4. The molecule has 0 amide bonds. The van der Waals surface area contributed by atoms with Gasteiger partial charge in [0.25, 0.3) is 0 Å². The van der Waals surface area contributed by atoms with Crippen molar-refractivity contribution < 1.29 is 0 Å². The third kappa shape index (κ3) is 2.63. The van der Waals surface area contributed by atoms with Gasteiger partial charge < -0.3 is 9.88 Å². The summed E-state index contributed by atoms with van der Waals surface area (Å²) in [5.74, 6) is 1.09. The van der Waals surface area contributed by atoms with Gasteiger partial charge in [0.1, 0.15) is 15.0 Å². The molecule has 0 saturated heterocycles. The Morgan fingerprint density at radius 3 is 2.67 bits per heavy atom. The largest absolute Gasteiger partial charge is 0.318 e. The summed E-state index contributed by atoms with van der Waals surface area (Å²) >= 11 is 7.00. The summed E-state index contributed by atoms with van der Waals surface area (Å²) in [6.07, 6.45) is 2.62. The van der Waals surface area contributed by atoms with E-state index in [1.807, 2.05) is 0 Å². The summed E-state index contributed by atoms with van der Waals surface area (Å²) in [5, 5.41) is 3.48. The topological polar surface area (TPSA) is 29.9 Å². The van der Waals surface area contributed by atoms with Crippen LogP contribution in [0.3, 0.4) is 0 Å². The van der Waals surface area contributed by atoms with Crippen LogP contribution < -0.4 is 5.32 Å². The number of nitrogens with one attached hydrogen (secondary N) is 1. The fourth-order valence-corrected chi connectivity index (χ4v) is 2.70. The zero-order chi connectivity index (χ0) is 11.0. The molecule has 1 heterocycles. The molecule has 0 atom stereocenters. The first-order chi connectivity index (χ1) is 7.09. The number of hydrogen-bond donors (Lipinski definition) is 1. The van der Waals surface area contributed by atoms with Crippen molar-refractivity contribution >= 4 is 31.9 Å². The molecule has 0 radical (unpaired) electrons. The molecule has 1 aromatic heterocycles. The van der Waals surface area contributed by atoms with Crippen LogP contribution in [0.4, 0.5) is 0 Å². The Balaban J connectivity index is 2.16. The maximum absolute atomic E-state index is 4.50. The van der Waals surface area contributed by atoms with E-state index < -0.39 is 0 Å². The molecule has 1 aliphatic rings. The molecule has 0 aliphatic heterocycles. The number of nitrogens with zero attached hydrogens (tertiary/aromatic N) is 2. The lowest BCUT2D eigenvalue weighted by molar-refractivity contribution is 0.533. The Morgan fingerprint density at radius 2 is 2.13 bits per heavy atom. The average molecular weight is 337 g/mol. The maximum Gasteiger partial charge on any atom is 0.139 e. The molecular weight excluding hydrogens is 322 g/mol. The predicted molar refractivity (Wildman–Crippen MR) is 67.9 cm³/mol. The molecule has 2 rings (SSSR count). The monoisotopic (exact) mass is 335 g/mol. The second-order valence-corrected chi connectivity index (χ2v) is 5.73. The Labute approximate surface area is 107 Å². The molecule has 3 nitrogen and oxygen atoms in total. The third-order valence-corrected chi connectivity index (χ3v) is 4.37. The Bertz CT molecular complexity index is 356. The van der Waals surface area contributed by atoms with E-state index in [0.717, 1.165) is 27.6 Å². The lowest BCUT2D eigenvalue weighted by Crippen LogP contribution is -2.19. The van der Waals surface area contributed by atoms with E-state index in [0.29, 0.717) is 6.04 Å². The minimum absolute atomic E-state index is 0.425. The molecule has 1 saturated carbocycles. The Hall–Kier alpha value is 0.130. The second-order valence-electron chi connectivity index (χ2n) is 4.23. The number of hydrogen-bond acceptors (Lipinski definition) is 2. The van der Waals surface area contributed by atoms with E-state index in [1.165, 1.54) is 12.8 Å². The van der Waals surface area contributed by atoms with Gasteiger partial charge in [-0.1, -0.05) is 0 Å². The molecular formula is C10H15Br2N3. The second kappa shape index (κ2) is 4.55. The highest BCUT2D eigenvalue weighted by Crippen LogP contribution is 2.28. The molecule has 1 fully saturated rings. The Kier molecular flexibility index (Phi) is 3.52. The summed E-state index contributed by atoms with van der Waals surface area (Å²) in [6.45, 7) is 5.19. The van der Waals surface area contributed by atoms with E-state index in [9.17, 15) is 0 Å². The summed E-state index contributed by atoms with van der Waals surface area (Å²) in [5.41, 5.74) is 0. The summed E-state index contributed by atoms with van der Waals surface area (Å²) in [4.78, 5) is 4.50. The van der Waals surface area contributed by atoms with Crippen molar-refractivity contribution in [1.82, 2.24) is 14.9 Å². The lowest BCUT2D eigenvalue weighted by Gasteiger charge is -2.13. The van der Waals surface area contributed by atoms with Gasteiger partial charge in [0.05, 0.1) is 6.54 Å². The first-order valence-corrected chi connectivity index (χ1v) is 6.83. The quantitative estimate of drug-likeness (QED) is 0.914. The van der Waals surface area contributed by atoms with Crippen LogP contribution in [0.15, 0.2) is 9.21 Å². The normalized spacial score (nSPS) is 16.3. The van der Waals surface area contributed by atoms with Crippen LogP contribution in [-0.2, 0) is 6.54 Å². The highest BCUT2D eigenvalue weighted by atomic mass is 79.9. The van der Waals surface area contributed by atoms with Crippen molar-refractivity contribution in [2.75, 3.05) is 0 Å². The van der Waals surface area contributed by atoms with Crippen molar-refractivity contribution in [2.24, 2.45) is 0 Å². The van der Waals surface area contributed by atoms with Crippen LogP contribution in [0, 0.1) is 0 Å². The fraction of sp³-hybridized carbons (Fsp3) is 0.700. The molecule has 0 aromatic carbocycles. The smallest absolute Gasteiger partial charge is 0.139 e. The number of aromatic nitrogens is 2. The first kappa shape index (κ1) is 11.6. The summed E-state index contributed by atoms with van der Waals surface area (Å²) < 4.78 is 4.13. The van der Waals surface area contributed by atoms with E-state index in [-0.39, 0.29) is 0 Å². The van der Waals surface area contributed by atoms with Crippen molar-refractivity contribution in [2.45, 2.75) is 45.3 Å². The van der Waals surface area contributed by atoms with Crippen LogP contribution in [0.5, 0.6) is 0 Å². The molecule has 15 heavy (non-hydrogen) atoms. The molecule has 1 aromatic rings. The van der Waals surface area contributed by atoms with E-state index in [1.54, 1.807) is 0 Å². The highest BCUT2D eigenvalue weighted by molar-refractivity contribution is 9.13. The minimum atomic E-state index is 0.425. The van der Waals surface area contributed by atoms with E-state index in [4.69, 9.17) is 0 Å². The number of imidazole rings is 1. The highest BCUT2D eigenvalue weighted by Gasteiger charge is 2.22. The van der Waals surface area contributed by atoms with Crippen LogP contribution in [-0.4, -0.2) is 15.6 Å². The standard InChI is InChI=1S/C10H15Br2N3/c1-6(2)15-8(5-13-7-3-4-7)14-9(11)10(15)12/h6-7,13H,3-5H2,1-2H3. The molecule has 5 heteroatoms.